The summed E-state index contributed by atoms with van der Waals surface area (Å²) in [6.45, 7) is 0.562. The average Bonchev–Trinajstić information content (AvgIpc) is 2.82. The molecule has 2 heterocycles. The molecular formula is C12H17F2N3O4S. The zero-order valence-corrected chi connectivity index (χ0v) is 12.8. The van der Waals surface area contributed by atoms with Crippen LogP contribution in [0, 0.1) is 5.92 Å². The van der Waals surface area contributed by atoms with Gasteiger partial charge >= 0.3 is 6.09 Å². The summed E-state index contributed by atoms with van der Waals surface area (Å²) in [6, 6.07) is 0.895. The second-order valence-corrected chi connectivity index (χ2v) is 7.31. The number of carbonyl (C=O) groups is 1. The van der Waals surface area contributed by atoms with Gasteiger partial charge in [-0.05, 0) is 18.8 Å². The van der Waals surface area contributed by atoms with E-state index in [0.29, 0.717) is 12.8 Å². The van der Waals surface area contributed by atoms with Crippen LogP contribution in [0.1, 0.15) is 25.0 Å². The summed E-state index contributed by atoms with van der Waals surface area (Å²) in [6.07, 6.45) is -2.97. The standard InChI is InChI=1S/C12H17F2N3O4S/c1-16-10(6-9(15-16)11(13)14)22(20,21)7-8-2-4-17(5-3-8)12(18)19/h6,8,11H,2-5,7H2,1H3,(H,18,19). The minimum Gasteiger partial charge on any atom is -0.465 e. The van der Waals surface area contributed by atoms with E-state index >= 15 is 0 Å². The van der Waals surface area contributed by atoms with Crippen molar-refractivity contribution in [2.24, 2.45) is 13.0 Å². The molecule has 0 unspecified atom stereocenters. The Morgan fingerprint density at radius 3 is 2.50 bits per heavy atom. The van der Waals surface area contributed by atoms with E-state index in [2.05, 4.69) is 5.10 Å². The summed E-state index contributed by atoms with van der Waals surface area (Å²) in [5.74, 6) is -0.381. The van der Waals surface area contributed by atoms with E-state index in [1.807, 2.05) is 0 Å². The lowest BCUT2D eigenvalue weighted by molar-refractivity contribution is 0.127. The van der Waals surface area contributed by atoms with E-state index < -0.39 is 28.0 Å². The molecule has 1 aromatic rings. The van der Waals surface area contributed by atoms with Crippen LogP contribution in [0.4, 0.5) is 13.6 Å². The third kappa shape index (κ3) is 3.54. The number of piperidine rings is 1. The predicted molar refractivity (Wildman–Crippen MR) is 72.5 cm³/mol. The van der Waals surface area contributed by atoms with Crippen molar-refractivity contribution in [2.75, 3.05) is 18.8 Å². The van der Waals surface area contributed by atoms with Crippen LogP contribution < -0.4 is 0 Å². The van der Waals surface area contributed by atoms with Crippen LogP contribution in [0.5, 0.6) is 0 Å². The Morgan fingerprint density at radius 1 is 1.45 bits per heavy atom. The Bertz CT molecular complexity index is 651. The number of alkyl halides is 2. The van der Waals surface area contributed by atoms with Crippen molar-refractivity contribution >= 4 is 15.9 Å². The summed E-state index contributed by atoms with van der Waals surface area (Å²) >= 11 is 0. The Hall–Kier alpha value is -1.71. The van der Waals surface area contributed by atoms with Crippen molar-refractivity contribution in [3.63, 3.8) is 0 Å². The second kappa shape index (κ2) is 6.19. The largest absolute Gasteiger partial charge is 0.465 e. The molecule has 0 bridgehead atoms. The van der Waals surface area contributed by atoms with Crippen LogP contribution in [-0.2, 0) is 16.9 Å². The molecule has 0 spiro atoms. The molecule has 0 saturated carbocycles. The third-order valence-corrected chi connectivity index (χ3v) is 5.67. The minimum atomic E-state index is -3.74. The van der Waals surface area contributed by atoms with Gasteiger partial charge < -0.3 is 10.0 Å². The number of hydrogen-bond donors (Lipinski definition) is 1. The molecule has 10 heteroatoms. The van der Waals surface area contributed by atoms with Gasteiger partial charge in [0.25, 0.3) is 6.43 Å². The second-order valence-electron chi connectivity index (χ2n) is 5.33. The number of likely N-dealkylation sites (tertiary alicyclic amines) is 1. The molecule has 1 aliphatic rings. The van der Waals surface area contributed by atoms with Gasteiger partial charge in [0.05, 0.1) is 5.75 Å². The maximum atomic E-state index is 12.6. The number of carboxylic acid groups (broad SMARTS) is 1. The maximum absolute atomic E-state index is 12.6. The van der Waals surface area contributed by atoms with Gasteiger partial charge in [-0.3, -0.25) is 4.68 Å². The van der Waals surface area contributed by atoms with Gasteiger partial charge in [-0.25, -0.2) is 22.0 Å². The number of sulfone groups is 1. The Balaban J connectivity index is 2.07. The Labute approximate surface area is 126 Å². The number of nitrogens with zero attached hydrogens (tertiary/aromatic N) is 3. The molecule has 0 aromatic carbocycles. The molecule has 0 radical (unpaired) electrons. The van der Waals surface area contributed by atoms with E-state index in [0.717, 1.165) is 10.7 Å². The molecule has 1 amide bonds. The van der Waals surface area contributed by atoms with E-state index in [9.17, 15) is 22.0 Å². The van der Waals surface area contributed by atoms with Crippen LogP contribution in [0.2, 0.25) is 0 Å². The quantitative estimate of drug-likeness (QED) is 0.899. The van der Waals surface area contributed by atoms with Crippen LogP contribution in [0.15, 0.2) is 11.1 Å². The average molecular weight is 337 g/mol. The van der Waals surface area contributed by atoms with Crippen LogP contribution >= 0.6 is 0 Å². The summed E-state index contributed by atoms with van der Waals surface area (Å²) < 4.78 is 50.8. The third-order valence-electron chi connectivity index (χ3n) is 3.74. The van der Waals surface area contributed by atoms with Crippen molar-refractivity contribution in [3.8, 4) is 0 Å². The van der Waals surface area contributed by atoms with Gasteiger partial charge in [-0.2, -0.15) is 5.10 Å². The number of halogens is 2. The minimum absolute atomic E-state index is 0.189. The zero-order chi connectivity index (χ0) is 16.5. The van der Waals surface area contributed by atoms with Crippen molar-refractivity contribution in [3.05, 3.63) is 11.8 Å². The normalized spacial score (nSPS) is 17.2. The first-order valence-electron chi connectivity index (χ1n) is 6.73. The van der Waals surface area contributed by atoms with Gasteiger partial charge in [-0.1, -0.05) is 0 Å². The smallest absolute Gasteiger partial charge is 0.407 e. The lowest BCUT2D eigenvalue weighted by Gasteiger charge is -2.29. The van der Waals surface area contributed by atoms with Crippen LogP contribution in [-0.4, -0.2) is 53.1 Å². The number of hydrogen-bond acceptors (Lipinski definition) is 4. The molecule has 2 rings (SSSR count). The van der Waals surface area contributed by atoms with Crippen molar-refractivity contribution in [2.45, 2.75) is 24.3 Å². The molecule has 124 valence electrons. The predicted octanol–water partition coefficient (Wildman–Crippen LogP) is 1.52. The Kier molecular flexibility index (Phi) is 4.69. The van der Waals surface area contributed by atoms with Crippen molar-refractivity contribution in [1.82, 2.24) is 14.7 Å². The van der Waals surface area contributed by atoms with Gasteiger partial charge in [0.2, 0.25) is 0 Å². The molecule has 0 aliphatic carbocycles. The molecule has 1 fully saturated rings. The van der Waals surface area contributed by atoms with Crippen LogP contribution in [0.3, 0.4) is 0 Å². The van der Waals surface area contributed by atoms with Gasteiger partial charge in [0, 0.05) is 26.2 Å². The van der Waals surface area contributed by atoms with Gasteiger partial charge in [-0.15, -0.1) is 0 Å². The summed E-state index contributed by atoms with van der Waals surface area (Å²) in [7, 11) is -2.43. The van der Waals surface area contributed by atoms with Crippen LogP contribution in [0.25, 0.3) is 0 Å². The molecule has 1 aliphatic heterocycles. The fourth-order valence-corrected chi connectivity index (χ4v) is 4.42. The molecule has 0 atom stereocenters. The molecule has 1 aromatic heterocycles. The lowest BCUT2D eigenvalue weighted by Crippen LogP contribution is -2.39. The topological polar surface area (TPSA) is 92.5 Å². The van der Waals surface area contributed by atoms with Gasteiger partial charge in [0.1, 0.15) is 5.69 Å². The fourth-order valence-electron chi connectivity index (χ4n) is 2.56. The number of amides is 1. The number of aromatic nitrogens is 2. The molecular weight excluding hydrogens is 320 g/mol. The van der Waals surface area contributed by atoms with Crippen molar-refractivity contribution in [1.29, 1.82) is 0 Å². The number of rotatable bonds is 4. The maximum Gasteiger partial charge on any atom is 0.407 e. The lowest BCUT2D eigenvalue weighted by atomic mass is 9.99. The van der Waals surface area contributed by atoms with Crippen molar-refractivity contribution < 1.29 is 27.1 Å². The molecule has 22 heavy (non-hydrogen) atoms. The monoisotopic (exact) mass is 337 g/mol. The highest BCUT2D eigenvalue weighted by atomic mass is 32.2. The zero-order valence-electron chi connectivity index (χ0n) is 11.9. The first-order chi connectivity index (χ1) is 10.2. The highest BCUT2D eigenvalue weighted by molar-refractivity contribution is 7.91. The molecule has 7 nitrogen and oxygen atoms in total. The fraction of sp³-hybridized carbons (Fsp3) is 0.667. The summed E-state index contributed by atoms with van der Waals surface area (Å²) in [5.41, 5.74) is -0.568. The molecule has 1 saturated heterocycles. The van der Waals surface area contributed by atoms with E-state index in [-0.39, 0.29) is 29.8 Å². The molecule has 1 N–H and O–H groups in total. The first-order valence-corrected chi connectivity index (χ1v) is 8.38. The van der Waals surface area contributed by atoms with Gasteiger partial charge in [0.15, 0.2) is 14.9 Å². The highest BCUT2D eigenvalue weighted by Gasteiger charge is 2.30. The SMILES string of the molecule is Cn1nc(C(F)F)cc1S(=O)(=O)CC1CCN(C(=O)O)CC1. The first kappa shape index (κ1) is 16.7. The van der Waals surface area contributed by atoms with E-state index in [4.69, 9.17) is 5.11 Å². The number of aryl methyl sites for hydroxylation is 1. The van der Waals surface area contributed by atoms with E-state index in [1.54, 1.807) is 0 Å². The highest BCUT2D eigenvalue weighted by Crippen LogP contribution is 2.25. The Morgan fingerprint density at radius 2 is 2.05 bits per heavy atom. The summed E-state index contributed by atoms with van der Waals surface area (Å²) in [5, 5.41) is 12.1. The van der Waals surface area contributed by atoms with E-state index in [1.165, 1.54) is 11.9 Å². The summed E-state index contributed by atoms with van der Waals surface area (Å²) in [4.78, 5) is 12.0.